The van der Waals surface area contributed by atoms with Crippen LogP contribution in [-0.4, -0.2) is 19.8 Å². The first-order valence-electron chi connectivity index (χ1n) is 5.63. The zero-order valence-electron chi connectivity index (χ0n) is 10.2. The largest absolute Gasteiger partial charge is 0.380 e. The number of halogens is 1. The minimum absolute atomic E-state index is 0.621. The highest BCUT2D eigenvalue weighted by molar-refractivity contribution is 9.10. The molecule has 0 fully saturated rings. The lowest BCUT2D eigenvalue weighted by atomic mass is 10.2. The highest BCUT2D eigenvalue weighted by Crippen LogP contribution is 2.25. The number of aryl methyl sites for hydroxylation is 1. The first-order chi connectivity index (χ1) is 7.59. The summed E-state index contributed by atoms with van der Waals surface area (Å²) in [7, 11) is 0. The van der Waals surface area contributed by atoms with Gasteiger partial charge in [0.2, 0.25) is 0 Å². The van der Waals surface area contributed by atoms with Crippen LogP contribution in [0.4, 0.5) is 0 Å². The predicted molar refractivity (Wildman–Crippen MR) is 74.1 cm³/mol. The molecule has 0 saturated heterocycles. The monoisotopic (exact) mass is 305 g/mol. The van der Waals surface area contributed by atoms with Gasteiger partial charge in [-0.2, -0.15) is 0 Å². The summed E-state index contributed by atoms with van der Waals surface area (Å²) in [5.41, 5.74) is 0. The fourth-order valence-corrected chi connectivity index (χ4v) is 2.85. The van der Waals surface area contributed by atoms with Crippen LogP contribution in [0, 0.1) is 12.8 Å². The quantitative estimate of drug-likeness (QED) is 0.778. The maximum absolute atomic E-state index is 5.49. The fraction of sp³-hybridized carbons (Fsp3) is 0.667. The molecule has 0 aromatic carbocycles. The van der Waals surface area contributed by atoms with Crippen LogP contribution in [0.2, 0.25) is 0 Å². The minimum atomic E-state index is 0.621. The Morgan fingerprint density at radius 3 is 2.81 bits per heavy atom. The number of hydrogen-bond acceptors (Lipinski definition) is 3. The molecule has 0 radical (unpaired) electrons. The van der Waals surface area contributed by atoms with Crippen LogP contribution in [0.3, 0.4) is 0 Å². The van der Waals surface area contributed by atoms with E-state index in [2.05, 4.69) is 48.1 Å². The number of rotatable bonds is 7. The van der Waals surface area contributed by atoms with Crippen LogP contribution < -0.4 is 5.32 Å². The Balaban J connectivity index is 2.07. The zero-order valence-corrected chi connectivity index (χ0v) is 12.6. The third-order valence-corrected chi connectivity index (χ3v) is 4.22. The van der Waals surface area contributed by atoms with E-state index < -0.39 is 0 Å². The van der Waals surface area contributed by atoms with Crippen molar-refractivity contribution in [2.24, 2.45) is 5.92 Å². The predicted octanol–water partition coefficient (Wildman–Crippen LogP) is 3.58. The van der Waals surface area contributed by atoms with Crippen molar-refractivity contribution in [3.05, 3.63) is 20.3 Å². The molecule has 0 aliphatic carbocycles. The second kappa shape index (κ2) is 7.43. The van der Waals surface area contributed by atoms with Crippen molar-refractivity contribution in [3.8, 4) is 0 Å². The molecule has 0 spiro atoms. The van der Waals surface area contributed by atoms with E-state index in [0.29, 0.717) is 5.92 Å². The van der Waals surface area contributed by atoms with Gasteiger partial charge in [-0.25, -0.2) is 0 Å². The van der Waals surface area contributed by atoms with Crippen molar-refractivity contribution in [2.75, 3.05) is 19.8 Å². The summed E-state index contributed by atoms with van der Waals surface area (Å²) in [6.45, 7) is 9.96. The summed E-state index contributed by atoms with van der Waals surface area (Å²) in [6, 6.07) is 2.18. The lowest BCUT2D eigenvalue weighted by molar-refractivity contribution is 0.111. The summed E-state index contributed by atoms with van der Waals surface area (Å²) in [4.78, 5) is 2.71. The Kier molecular flexibility index (Phi) is 6.58. The molecule has 1 heterocycles. The van der Waals surface area contributed by atoms with Crippen LogP contribution in [-0.2, 0) is 11.3 Å². The van der Waals surface area contributed by atoms with Gasteiger partial charge in [-0.05, 0) is 34.8 Å². The Labute approximate surface area is 111 Å². The van der Waals surface area contributed by atoms with E-state index in [4.69, 9.17) is 4.74 Å². The standard InChI is InChI=1S/C12H20BrNOS/c1-9(2)8-15-5-4-14-7-11-6-12(13)10(3)16-11/h6,9,14H,4-5,7-8H2,1-3H3. The smallest absolute Gasteiger partial charge is 0.0591 e. The van der Waals surface area contributed by atoms with Gasteiger partial charge >= 0.3 is 0 Å². The third-order valence-electron chi connectivity index (χ3n) is 2.08. The normalized spacial score (nSPS) is 11.3. The van der Waals surface area contributed by atoms with Crippen molar-refractivity contribution in [1.29, 1.82) is 0 Å². The summed E-state index contributed by atoms with van der Waals surface area (Å²) >= 11 is 5.36. The lowest BCUT2D eigenvalue weighted by Gasteiger charge is -2.07. The summed E-state index contributed by atoms with van der Waals surface area (Å²) in [5, 5.41) is 3.38. The van der Waals surface area contributed by atoms with E-state index in [-0.39, 0.29) is 0 Å². The van der Waals surface area contributed by atoms with E-state index in [1.54, 1.807) is 0 Å². The molecule has 0 amide bonds. The first-order valence-corrected chi connectivity index (χ1v) is 7.24. The van der Waals surface area contributed by atoms with Gasteiger partial charge in [-0.15, -0.1) is 11.3 Å². The van der Waals surface area contributed by atoms with Gasteiger partial charge in [0.05, 0.1) is 6.61 Å². The molecule has 4 heteroatoms. The molecule has 1 aromatic heterocycles. The molecule has 92 valence electrons. The average molecular weight is 306 g/mol. The van der Waals surface area contributed by atoms with E-state index in [1.807, 2.05) is 11.3 Å². The van der Waals surface area contributed by atoms with Crippen molar-refractivity contribution in [1.82, 2.24) is 5.32 Å². The number of nitrogens with one attached hydrogen (secondary N) is 1. The van der Waals surface area contributed by atoms with Crippen LogP contribution in [0.15, 0.2) is 10.5 Å². The SMILES string of the molecule is Cc1sc(CNCCOCC(C)C)cc1Br. The Morgan fingerprint density at radius 2 is 2.25 bits per heavy atom. The van der Waals surface area contributed by atoms with Gasteiger partial charge in [0.1, 0.15) is 0 Å². The molecule has 0 bridgehead atoms. The van der Waals surface area contributed by atoms with E-state index in [0.717, 1.165) is 26.3 Å². The molecule has 0 atom stereocenters. The van der Waals surface area contributed by atoms with E-state index >= 15 is 0 Å². The van der Waals surface area contributed by atoms with Crippen molar-refractivity contribution in [2.45, 2.75) is 27.3 Å². The first kappa shape index (κ1) is 14.2. The third kappa shape index (κ3) is 5.43. The second-order valence-electron chi connectivity index (χ2n) is 4.26. The molecule has 1 rings (SSSR count). The van der Waals surface area contributed by atoms with Gasteiger partial charge in [0, 0.05) is 33.9 Å². The number of ether oxygens (including phenoxy) is 1. The molecule has 0 saturated carbocycles. The molecule has 0 unspecified atom stereocenters. The van der Waals surface area contributed by atoms with Gasteiger partial charge in [0.25, 0.3) is 0 Å². The maximum atomic E-state index is 5.49. The van der Waals surface area contributed by atoms with E-state index in [1.165, 1.54) is 14.2 Å². The highest BCUT2D eigenvalue weighted by atomic mass is 79.9. The van der Waals surface area contributed by atoms with Crippen molar-refractivity contribution in [3.63, 3.8) is 0 Å². The molecule has 1 N–H and O–H groups in total. The number of hydrogen-bond donors (Lipinski definition) is 1. The van der Waals surface area contributed by atoms with Gasteiger partial charge < -0.3 is 10.1 Å². The Bertz CT molecular complexity index is 292. The van der Waals surface area contributed by atoms with Gasteiger partial charge in [0.15, 0.2) is 0 Å². The van der Waals surface area contributed by atoms with Crippen molar-refractivity contribution < 1.29 is 4.74 Å². The Morgan fingerprint density at radius 1 is 1.50 bits per heavy atom. The van der Waals surface area contributed by atoms with Crippen molar-refractivity contribution >= 4 is 27.3 Å². The molecular formula is C12H20BrNOS. The summed E-state index contributed by atoms with van der Waals surface area (Å²) < 4.78 is 6.71. The summed E-state index contributed by atoms with van der Waals surface area (Å²) in [6.07, 6.45) is 0. The fourth-order valence-electron chi connectivity index (χ4n) is 1.28. The molecule has 1 aromatic rings. The lowest BCUT2D eigenvalue weighted by Crippen LogP contribution is -2.19. The van der Waals surface area contributed by atoms with Crippen LogP contribution in [0.5, 0.6) is 0 Å². The topological polar surface area (TPSA) is 21.3 Å². The average Bonchev–Trinajstić information content (AvgIpc) is 2.52. The molecule has 2 nitrogen and oxygen atoms in total. The van der Waals surface area contributed by atoms with Crippen LogP contribution in [0.1, 0.15) is 23.6 Å². The second-order valence-corrected chi connectivity index (χ2v) is 6.46. The minimum Gasteiger partial charge on any atom is -0.380 e. The molecule has 0 aliphatic heterocycles. The molecular weight excluding hydrogens is 286 g/mol. The maximum Gasteiger partial charge on any atom is 0.0591 e. The molecule has 16 heavy (non-hydrogen) atoms. The van der Waals surface area contributed by atoms with Crippen LogP contribution >= 0.6 is 27.3 Å². The van der Waals surface area contributed by atoms with Gasteiger partial charge in [-0.1, -0.05) is 13.8 Å². The van der Waals surface area contributed by atoms with E-state index in [9.17, 15) is 0 Å². The van der Waals surface area contributed by atoms with Crippen LogP contribution in [0.25, 0.3) is 0 Å². The molecule has 0 aliphatic rings. The van der Waals surface area contributed by atoms with Gasteiger partial charge in [-0.3, -0.25) is 0 Å². The number of thiophene rings is 1. The summed E-state index contributed by atoms with van der Waals surface area (Å²) in [5.74, 6) is 0.621. The highest BCUT2D eigenvalue weighted by Gasteiger charge is 2.01. The zero-order chi connectivity index (χ0) is 12.0. The Hall–Kier alpha value is 0.100.